The lowest BCUT2D eigenvalue weighted by Crippen LogP contribution is -2.40. The van der Waals surface area contributed by atoms with Crippen molar-refractivity contribution in [2.24, 2.45) is 5.73 Å². The molecule has 4 N–H and O–H groups in total. The third kappa shape index (κ3) is 2.16. The van der Waals surface area contributed by atoms with Crippen molar-refractivity contribution in [1.82, 2.24) is 9.44 Å². The van der Waals surface area contributed by atoms with E-state index in [1.807, 2.05) is 0 Å². The summed E-state index contributed by atoms with van der Waals surface area (Å²) < 4.78 is 27.4. The third-order valence-corrected chi connectivity index (χ3v) is 3.30. The number of hydrogen-bond acceptors (Lipinski definition) is 3. The van der Waals surface area contributed by atoms with Gasteiger partial charge in [-0.05, 0) is 19.3 Å². The fourth-order valence-electron chi connectivity index (χ4n) is 1.00. The zero-order valence-electron chi connectivity index (χ0n) is 6.66. The molecule has 2 atom stereocenters. The Hall–Kier alpha value is -0.170. The molecule has 0 aromatic rings. The van der Waals surface area contributed by atoms with Crippen LogP contribution < -0.4 is 15.2 Å². The molecule has 0 spiro atoms. The fourth-order valence-corrected chi connectivity index (χ4v) is 2.42. The molecule has 0 radical (unpaired) electrons. The maximum Gasteiger partial charge on any atom is 0.277 e. The van der Waals surface area contributed by atoms with Crippen LogP contribution in [0.25, 0.3) is 0 Å². The number of nitrogens with two attached hydrogens (primary N) is 1. The molecule has 2 unspecified atom stereocenters. The van der Waals surface area contributed by atoms with Crippen LogP contribution in [0.2, 0.25) is 0 Å². The number of rotatable bonds is 4. The standard InChI is InChI=1S/C6H13N3O2S/c7-5-3-6(5)9-12(10,11)8-4-1-2-4/h4-6,8-9H,1-3,7H2. The molecule has 2 fully saturated rings. The van der Waals surface area contributed by atoms with Gasteiger partial charge in [0, 0.05) is 18.1 Å². The van der Waals surface area contributed by atoms with Crippen LogP contribution in [0.1, 0.15) is 19.3 Å². The van der Waals surface area contributed by atoms with E-state index in [0.29, 0.717) is 0 Å². The minimum atomic E-state index is -3.27. The first kappa shape index (κ1) is 8.43. The van der Waals surface area contributed by atoms with Gasteiger partial charge in [-0.25, -0.2) is 0 Å². The van der Waals surface area contributed by atoms with Gasteiger partial charge in [0.1, 0.15) is 0 Å². The van der Waals surface area contributed by atoms with Crippen molar-refractivity contribution < 1.29 is 8.42 Å². The second-order valence-electron chi connectivity index (χ2n) is 3.52. The van der Waals surface area contributed by atoms with Crippen molar-refractivity contribution >= 4 is 10.2 Å². The van der Waals surface area contributed by atoms with Gasteiger partial charge in [0.25, 0.3) is 10.2 Å². The summed E-state index contributed by atoms with van der Waals surface area (Å²) in [4.78, 5) is 0. The maximum absolute atomic E-state index is 11.2. The molecule has 5 nitrogen and oxygen atoms in total. The van der Waals surface area contributed by atoms with E-state index < -0.39 is 10.2 Å². The van der Waals surface area contributed by atoms with E-state index in [4.69, 9.17) is 5.73 Å². The summed E-state index contributed by atoms with van der Waals surface area (Å²) in [5.41, 5.74) is 5.47. The molecular formula is C6H13N3O2S. The molecule has 0 aliphatic heterocycles. The van der Waals surface area contributed by atoms with Gasteiger partial charge in [-0.15, -0.1) is 0 Å². The zero-order chi connectivity index (χ0) is 8.77. The molecule has 6 heteroatoms. The molecule has 12 heavy (non-hydrogen) atoms. The van der Waals surface area contributed by atoms with Crippen LogP contribution in [0.3, 0.4) is 0 Å². The average Bonchev–Trinajstić information content (AvgIpc) is 2.75. The smallest absolute Gasteiger partial charge is 0.277 e. The van der Waals surface area contributed by atoms with Crippen molar-refractivity contribution in [2.45, 2.75) is 37.4 Å². The van der Waals surface area contributed by atoms with Crippen LogP contribution in [0, 0.1) is 0 Å². The zero-order valence-corrected chi connectivity index (χ0v) is 7.47. The highest BCUT2D eigenvalue weighted by Gasteiger charge is 2.38. The molecule has 0 amide bonds. The van der Waals surface area contributed by atoms with Gasteiger partial charge >= 0.3 is 0 Å². The Kier molecular flexibility index (Phi) is 1.87. The first-order valence-electron chi connectivity index (χ1n) is 4.12. The Morgan fingerprint density at radius 1 is 1.25 bits per heavy atom. The predicted molar refractivity (Wildman–Crippen MR) is 44.6 cm³/mol. The normalized spacial score (nSPS) is 35.1. The lowest BCUT2D eigenvalue weighted by atomic mass is 10.7. The van der Waals surface area contributed by atoms with E-state index in [1.54, 1.807) is 0 Å². The summed E-state index contributed by atoms with van der Waals surface area (Å²) in [6.07, 6.45) is 2.67. The highest BCUT2D eigenvalue weighted by Crippen LogP contribution is 2.21. The highest BCUT2D eigenvalue weighted by molar-refractivity contribution is 7.87. The average molecular weight is 191 g/mol. The van der Waals surface area contributed by atoms with Gasteiger partial charge in [0.15, 0.2) is 0 Å². The molecule has 2 saturated carbocycles. The second-order valence-corrected chi connectivity index (χ2v) is 5.00. The summed E-state index contributed by atoms with van der Waals surface area (Å²) >= 11 is 0. The van der Waals surface area contributed by atoms with E-state index in [-0.39, 0.29) is 18.1 Å². The Labute approximate surface area is 71.9 Å². The van der Waals surface area contributed by atoms with Gasteiger partial charge in [-0.3, -0.25) is 0 Å². The van der Waals surface area contributed by atoms with Crippen molar-refractivity contribution in [3.05, 3.63) is 0 Å². The predicted octanol–water partition coefficient (Wildman–Crippen LogP) is -1.33. The first-order valence-corrected chi connectivity index (χ1v) is 5.60. The lowest BCUT2D eigenvalue weighted by Gasteiger charge is -2.05. The highest BCUT2D eigenvalue weighted by atomic mass is 32.2. The van der Waals surface area contributed by atoms with E-state index in [2.05, 4.69) is 9.44 Å². The van der Waals surface area contributed by atoms with E-state index >= 15 is 0 Å². The topological polar surface area (TPSA) is 84.2 Å². The van der Waals surface area contributed by atoms with Gasteiger partial charge in [0.05, 0.1) is 0 Å². The second kappa shape index (κ2) is 2.66. The molecule has 0 aromatic carbocycles. The molecule has 2 rings (SSSR count). The van der Waals surface area contributed by atoms with Crippen molar-refractivity contribution in [1.29, 1.82) is 0 Å². The summed E-state index contributed by atoms with van der Waals surface area (Å²) in [5.74, 6) is 0. The molecule has 2 aliphatic carbocycles. The van der Waals surface area contributed by atoms with Crippen LogP contribution in [0.15, 0.2) is 0 Å². The molecule has 0 saturated heterocycles. The van der Waals surface area contributed by atoms with Crippen LogP contribution in [-0.2, 0) is 10.2 Å². The van der Waals surface area contributed by atoms with Crippen molar-refractivity contribution in [2.75, 3.05) is 0 Å². The van der Waals surface area contributed by atoms with Gasteiger partial charge < -0.3 is 5.73 Å². The first-order chi connectivity index (χ1) is 5.57. The monoisotopic (exact) mass is 191 g/mol. The summed E-state index contributed by atoms with van der Waals surface area (Å²) in [6.45, 7) is 0. The van der Waals surface area contributed by atoms with E-state index in [1.165, 1.54) is 0 Å². The summed E-state index contributed by atoms with van der Waals surface area (Å²) in [6, 6.07) is 0.138. The van der Waals surface area contributed by atoms with Crippen molar-refractivity contribution in [3.8, 4) is 0 Å². The number of nitrogens with one attached hydrogen (secondary N) is 2. The Balaban J connectivity index is 1.83. The van der Waals surface area contributed by atoms with Crippen LogP contribution in [0.4, 0.5) is 0 Å². The Morgan fingerprint density at radius 2 is 1.83 bits per heavy atom. The molecular weight excluding hydrogens is 178 g/mol. The van der Waals surface area contributed by atoms with Crippen LogP contribution in [0.5, 0.6) is 0 Å². The Bertz CT molecular complexity index is 273. The molecule has 0 heterocycles. The van der Waals surface area contributed by atoms with Crippen LogP contribution in [-0.4, -0.2) is 26.5 Å². The quantitative estimate of drug-likeness (QED) is 0.515. The van der Waals surface area contributed by atoms with Gasteiger partial charge in [-0.1, -0.05) is 0 Å². The minimum Gasteiger partial charge on any atom is -0.326 e. The SMILES string of the molecule is NC1CC1NS(=O)(=O)NC1CC1. The Morgan fingerprint density at radius 3 is 2.25 bits per heavy atom. The van der Waals surface area contributed by atoms with Gasteiger partial charge in [0.2, 0.25) is 0 Å². The van der Waals surface area contributed by atoms with E-state index in [9.17, 15) is 8.42 Å². The summed E-state index contributed by atoms with van der Waals surface area (Å²) in [7, 11) is -3.27. The summed E-state index contributed by atoms with van der Waals surface area (Å²) in [5, 5.41) is 0. The maximum atomic E-state index is 11.2. The van der Waals surface area contributed by atoms with Gasteiger partial charge in [-0.2, -0.15) is 17.9 Å². The molecule has 0 aromatic heterocycles. The molecule has 2 aliphatic rings. The molecule has 70 valence electrons. The fraction of sp³-hybridized carbons (Fsp3) is 1.00. The number of hydrogen-bond donors (Lipinski definition) is 3. The third-order valence-electron chi connectivity index (χ3n) is 2.05. The largest absolute Gasteiger partial charge is 0.326 e. The molecule has 0 bridgehead atoms. The van der Waals surface area contributed by atoms with Crippen LogP contribution >= 0.6 is 0 Å². The van der Waals surface area contributed by atoms with Crippen molar-refractivity contribution in [3.63, 3.8) is 0 Å². The van der Waals surface area contributed by atoms with E-state index in [0.717, 1.165) is 19.3 Å². The minimum absolute atomic E-state index is 0.0146. The lowest BCUT2D eigenvalue weighted by molar-refractivity contribution is 0.564.